The average molecular weight is 255 g/mol. The van der Waals surface area contributed by atoms with Gasteiger partial charge >= 0.3 is 0 Å². The van der Waals surface area contributed by atoms with E-state index in [0.29, 0.717) is 19.3 Å². The van der Waals surface area contributed by atoms with Gasteiger partial charge in [0.2, 0.25) is 0 Å². The van der Waals surface area contributed by atoms with Crippen LogP contribution in [0.4, 0.5) is 0 Å². The van der Waals surface area contributed by atoms with Crippen molar-refractivity contribution < 1.29 is 9.47 Å². The van der Waals surface area contributed by atoms with Crippen LogP contribution in [0, 0.1) is 0 Å². The number of ether oxygens (including phenoxy) is 2. The molecule has 2 aromatic carbocycles. The van der Waals surface area contributed by atoms with E-state index < -0.39 is 0 Å². The van der Waals surface area contributed by atoms with Crippen molar-refractivity contribution in [2.45, 2.75) is 12.6 Å². The van der Waals surface area contributed by atoms with Gasteiger partial charge in [-0.1, -0.05) is 30.3 Å². The number of nitrogens with two attached hydrogens (primary N) is 1. The lowest BCUT2D eigenvalue weighted by Gasteiger charge is -2.07. The third-order valence-corrected chi connectivity index (χ3v) is 3.19. The molecule has 0 bridgehead atoms. The summed E-state index contributed by atoms with van der Waals surface area (Å²) in [5, 5.41) is 0. The van der Waals surface area contributed by atoms with E-state index in [2.05, 4.69) is 24.3 Å². The first-order valence-corrected chi connectivity index (χ1v) is 6.49. The summed E-state index contributed by atoms with van der Waals surface area (Å²) in [5.41, 5.74) is 9.16. The number of epoxide rings is 1. The Morgan fingerprint density at radius 1 is 1.11 bits per heavy atom. The molecule has 0 spiro atoms. The molecule has 0 aliphatic carbocycles. The van der Waals surface area contributed by atoms with E-state index in [1.165, 1.54) is 11.1 Å². The highest BCUT2D eigenvalue weighted by molar-refractivity contribution is 5.64. The number of hydrogen-bond donors (Lipinski definition) is 1. The van der Waals surface area contributed by atoms with E-state index in [1.807, 2.05) is 24.3 Å². The normalized spacial score (nSPS) is 17.2. The van der Waals surface area contributed by atoms with E-state index in [-0.39, 0.29) is 0 Å². The lowest BCUT2D eigenvalue weighted by Crippen LogP contribution is -2.03. The van der Waals surface area contributed by atoms with Crippen molar-refractivity contribution in [3.8, 4) is 16.9 Å². The molecule has 1 aliphatic rings. The fraction of sp³-hybridized carbons (Fsp3) is 0.250. The van der Waals surface area contributed by atoms with E-state index in [0.717, 1.165) is 17.9 Å². The standard InChI is InChI=1S/C16H17NO2/c17-9-12-2-1-3-14(8-12)13-4-6-15(7-5-13)18-10-16-11-19-16/h1-8,16H,9-11,17H2. The summed E-state index contributed by atoms with van der Waals surface area (Å²) in [4.78, 5) is 0. The quantitative estimate of drug-likeness (QED) is 0.835. The maximum Gasteiger partial charge on any atom is 0.119 e. The first-order chi connectivity index (χ1) is 9.35. The average Bonchev–Trinajstić information content (AvgIpc) is 3.30. The van der Waals surface area contributed by atoms with E-state index in [1.54, 1.807) is 0 Å². The highest BCUT2D eigenvalue weighted by Gasteiger charge is 2.22. The summed E-state index contributed by atoms with van der Waals surface area (Å²) in [6, 6.07) is 16.4. The highest BCUT2D eigenvalue weighted by atomic mass is 16.6. The second-order valence-electron chi connectivity index (χ2n) is 4.70. The van der Waals surface area contributed by atoms with Crippen molar-refractivity contribution >= 4 is 0 Å². The second-order valence-corrected chi connectivity index (χ2v) is 4.70. The lowest BCUT2D eigenvalue weighted by molar-refractivity contribution is 0.263. The molecule has 0 aromatic heterocycles. The predicted octanol–water partition coefficient (Wildman–Crippen LogP) is 2.59. The predicted molar refractivity (Wildman–Crippen MR) is 75.0 cm³/mol. The van der Waals surface area contributed by atoms with Gasteiger partial charge in [0, 0.05) is 6.54 Å². The summed E-state index contributed by atoms with van der Waals surface area (Å²) >= 11 is 0. The molecule has 1 heterocycles. The zero-order valence-corrected chi connectivity index (χ0v) is 10.7. The molecule has 0 saturated carbocycles. The van der Waals surface area contributed by atoms with Crippen LogP contribution in [0.3, 0.4) is 0 Å². The van der Waals surface area contributed by atoms with Gasteiger partial charge in [0.15, 0.2) is 0 Å². The van der Waals surface area contributed by atoms with Gasteiger partial charge in [-0.25, -0.2) is 0 Å². The number of benzene rings is 2. The fourth-order valence-corrected chi connectivity index (χ4v) is 1.97. The smallest absolute Gasteiger partial charge is 0.119 e. The molecule has 3 rings (SSSR count). The minimum atomic E-state index is 0.293. The Morgan fingerprint density at radius 2 is 1.89 bits per heavy atom. The van der Waals surface area contributed by atoms with Gasteiger partial charge in [0.25, 0.3) is 0 Å². The molecular weight excluding hydrogens is 238 g/mol. The van der Waals surface area contributed by atoms with Gasteiger partial charge in [0.05, 0.1) is 6.61 Å². The zero-order chi connectivity index (χ0) is 13.1. The van der Waals surface area contributed by atoms with Crippen LogP contribution in [-0.4, -0.2) is 19.3 Å². The molecule has 1 aliphatic heterocycles. The minimum Gasteiger partial charge on any atom is -0.491 e. The number of rotatable bonds is 5. The maximum atomic E-state index is 5.66. The van der Waals surface area contributed by atoms with Gasteiger partial charge in [-0.15, -0.1) is 0 Å². The summed E-state index contributed by atoms with van der Waals surface area (Å²) in [6.45, 7) is 2.03. The molecule has 1 atom stereocenters. The van der Waals surface area contributed by atoms with Crippen molar-refractivity contribution in [2.75, 3.05) is 13.2 Å². The Bertz CT molecular complexity index is 547. The molecule has 3 heteroatoms. The topological polar surface area (TPSA) is 47.8 Å². The maximum absolute atomic E-state index is 5.66. The van der Waals surface area contributed by atoms with Gasteiger partial charge < -0.3 is 15.2 Å². The number of hydrogen-bond acceptors (Lipinski definition) is 3. The summed E-state index contributed by atoms with van der Waals surface area (Å²) in [6.07, 6.45) is 0.293. The fourth-order valence-electron chi connectivity index (χ4n) is 1.97. The van der Waals surface area contributed by atoms with Crippen LogP contribution in [0.5, 0.6) is 5.75 Å². The Morgan fingerprint density at radius 3 is 2.58 bits per heavy atom. The van der Waals surface area contributed by atoms with Crippen molar-refractivity contribution in [1.82, 2.24) is 0 Å². The summed E-state index contributed by atoms with van der Waals surface area (Å²) in [5.74, 6) is 0.884. The summed E-state index contributed by atoms with van der Waals surface area (Å²) in [7, 11) is 0. The van der Waals surface area contributed by atoms with E-state index in [9.17, 15) is 0 Å². The van der Waals surface area contributed by atoms with Crippen molar-refractivity contribution in [1.29, 1.82) is 0 Å². The molecule has 98 valence electrons. The molecule has 0 radical (unpaired) electrons. The molecule has 2 N–H and O–H groups in total. The van der Waals surface area contributed by atoms with Crippen LogP contribution in [0.25, 0.3) is 11.1 Å². The van der Waals surface area contributed by atoms with Crippen LogP contribution in [-0.2, 0) is 11.3 Å². The highest BCUT2D eigenvalue weighted by Crippen LogP contribution is 2.23. The largest absolute Gasteiger partial charge is 0.491 e. The SMILES string of the molecule is NCc1cccc(-c2ccc(OCC3CO3)cc2)c1. The monoisotopic (exact) mass is 255 g/mol. The third kappa shape index (κ3) is 3.13. The van der Waals surface area contributed by atoms with Crippen LogP contribution in [0.15, 0.2) is 48.5 Å². The van der Waals surface area contributed by atoms with E-state index in [4.69, 9.17) is 15.2 Å². The van der Waals surface area contributed by atoms with Crippen molar-refractivity contribution in [3.63, 3.8) is 0 Å². The third-order valence-electron chi connectivity index (χ3n) is 3.19. The van der Waals surface area contributed by atoms with Crippen LogP contribution >= 0.6 is 0 Å². The second kappa shape index (κ2) is 5.43. The molecule has 1 fully saturated rings. The molecule has 19 heavy (non-hydrogen) atoms. The van der Waals surface area contributed by atoms with Gasteiger partial charge in [-0.3, -0.25) is 0 Å². The van der Waals surface area contributed by atoms with Crippen molar-refractivity contribution in [3.05, 3.63) is 54.1 Å². The Labute approximate surface area is 113 Å². The van der Waals surface area contributed by atoms with Crippen LogP contribution < -0.4 is 10.5 Å². The molecule has 0 amide bonds. The lowest BCUT2D eigenvalue weighted by atomic mass is 10.0. The zero-order valence-electron chi connectivity index (χ0n) is 10.7. The first kappa shape index (κ1) is 12.2. The van der Waals surface area contributed by atoms with Crippen molar-refractivity contribution in [2.24, 2.45) is 5.73 Å². The Hall–Kier alpha value is -1.84. The molecule has 1 unspecified atom stereocenters. The Kier molecular flexibility index (Phi) is 3.49. The van der Waals surface area contributed by atoms with Gasteiger partial charge in [-0.05, 0) is 34.9 Å². The molecule has 1 saturated heterocycles. The molecule has 2 aromatic rings. The Balaban J connectivity index is 1.72. The first-order valence-electron chi connectivity index (χ1n) is 6.49. The summed E-state index contributed by atoms with van der Waals surface area (Å²) < 4.78 is 10.7. The molecular formula is C16H17NO2. The van der Waals surface area contributed by atoms with Gasteiger partial charge in [0.1, 0.15) is 18.5 Å². The minimum absolute atomic E-state index is 0.293. The van der Waals surface area contributed by atoms with E-state index >= 15 is 0 Å². The molecule has 3 nitrogen and oxygen atoms in total. The van der Waals surface area contributed by atoms with Crippen LogP contribution in [0.1, 0.15) is 5.56 Å². The van der Waals surface area contributed by atoms with Gasteiger partial charge in [-0.2, -0.15) is 0 Å². The van der Waals surface area contributed by atoms with Crippen LogP contribution in [0.2, 0.25) is 0 Å².